The molecule has 0 unspecified atom stereocenters. The number of Topliss-reactive ketones (excluding diaryl/α,β-unsaturated/α-hetero) is 1. The molecule has 0 aliphatic carbocycles. The third-order valence-corrected chi connectivity index (χ3v) is 3.72. The second-order valence-corrected chi connectivity index (χ2v) is 5.12. The molecule has 2 nitrogen and oxygen atoms in total. The minimum Gasteiger partial charge on any atom is -0.299 e. The number of hydrogen-bond donors (Lipinski definition) is 0. The molecule has 1 rings (SSSR count). The first-order valence-corrected chi connectivity index (χ1v) is 6.87. The molecular weight excluding hydrogens is 214 g/mol. The van der Waals surface area contributed by atoms with Crippen molar-refractivity contribution >= 4 is 27.4 Å². The van der Waals surface area contributed by atoms with Gasteiger partial charge in [0.25, 0.3) is 0 Å². The molecule has 4 heteroatoms. The van der Waals surface area contributed by atoms with Gasteiger partial charge in [0.2, 0.25) is 0 Å². The van der Waals surface area contributed by atoms with E-state index in [1.807, 2.05) is 25.1 Å². The van der Waals surface area contributed by atoms with E-state index in [0.717, 1.165) is 11.4 Å². The van der Waals surface area contributed by atoms with Crippen molar-refractivity contribution in [2.45, 2.75) is 24.8 Å². The van der Waals surface area contributed by atoms with Crippen LogP contribution in [-0.2, 0) is 4.79 Å². The molecule has 76 valence electrons. The van der Waals surface area contributed by atoms with Crippen LogP contribution in [0, 0.1) is 0 Å². The zero-order chi connectivity index (χ0) is 10.2. The molecule has 1 aromatic heterocycles. The van der Waals surface area contributed by atoms with Crippen molar-refractivity contribution in [2.24, 2.45) is 0 Å². The molecule has 14 heavy (non-hydrogen) atoms. The van der Waals surface area contributed by atoms with Crippen molar-refractivity contribution < 1.29 is 4.79 Å². The highest BCUT2D eigenvalue weighted by Crippen LogP contribution is 2.28. The maximum Gasteiger partial charge on any atom is 0.143 e. The van der Waals surface area contributed by atoms with Gasteiger partial charge < -0.3 is 0 Å². The van der Waals surface area contributed by atoms with Gasteiger partial charge in [-0.1, -0.05) is 23.8 Å². The van der Waals surface area contributed by atoms with E-state index in [0.29, 0.717) is 18.0 Å². The van der Waals surface area contributed by atoms with Crippen molar-refractivity contribution in [3.8, 4) is 0 Å². The van der Waals surface area contributed by atoms with Gasteiger partial charge in [-0.2, -0.15) is 0 Å². The Balaban J connectivity index is 2.19. The number of rotatable bonds is 6. The molecule has 0 aromatic carbocycles. The average molecular weight is 227 g/mol. The molecule has 0 amide bonds. The Morgan fingerprint density at radius 2 is 2.36 bits per heavy atom. The summed E-state index contributed by atoms with van der Waals surface area (Å²) in [5, 5.41) is 0.960. The van der Waals surface area contributed by atoms with Crippen LogP contribution in [0.5, 0.6) is 0 Å². The lowest BCUT2D eigenvalue weighted by molar-refractivity contribution is -0.116. The van der Waals surface area contributed by atoms with E-state index in [4.69, 9.17) is 0 Å². The Labute approximate surface area is 92.3 Å². The summed E-state index contributed by atoms with van der Waals surface area (Å²) in [6, 6.07) is 5.78. The monoisotopic (exact) mass is 227 g/mol. The molecular formula is C10H13NOS2. The molecule has 1 heterocycles. The summed E-state index contributed by atoms with van der Waals surface area (Å²) >= 11 is 0. The number of carbonyl (C=O) groups excluding carboxylic acids is 1. The molecule has 0 spiro atoms. The van der Waals surface area contributed by atoms with Crippen molar-refractivity contribution in [1.82, 2.24) is 4.98 Å². The third kappa shape index (κ3) is 4.67. The average Bonchev–Trinajstić information content (AvgIpc) is 2.20. The van der Waals surface area contributed by atoms with Gasteiger partial charge in [-0.3, -0.25) is 4.79 Å². The smallest absolute Gasteiger partial charge is 0.143 e. The van der Waals surface area contributed by atoms with E-state index < -0.39 is 0 Å². The highest BCUT2D eigenvalue weighted by molar-refractivity contribution is 8.76. The van der Waals surface area contributed by atoms with Crippen LogP contribution in [0.15, 0.2) is 29.4 Å². The Kier molecular flexibility index (Phi) is 5.71. The lowest BCUT2D eigenvalue weighted by Gasteiger charge is -1.98. The van der Waals surface area contributed by atoms with Gasteiger partial charge in [0.1, 0.15) is 10.8 Å². The fraction of sp³-hybridized carbons (Fsp3) is 0.400. The van der Waals surface area contributed by atoms with E-state index in [1.165, 1.54) is 0 Å². The number of aromatic nitrogens is 1. The van der Waals surface area contributed by atoms with E-state index in [-0.39, 0.29) is 0 Å². The molecule has 0 saturated heterocycles. The van der Waals surface area contributed by atoms with Crippen LogP contribution < -0.4 is 0 Å². The summed E-state index contributed by atoms with van der Waals surface area (Å²) in [6.07, 6.45) is 3.39. The Morgan fingerprint density at radius 3 is 3.00 bits per heavy atom. The zero-order valence-electron chi connectivity index (χ0n) is 8.10. The lowest BCUT2D eigenvalue weighted by atomic mass is 10.3. The van der Waals surface area contributed by atoms with Crippen LogP contribution >= 0.6 is 21.6 Å². The first kappa shape index (κ1) is 11.6. The first-order valence-electron chi connectivity index (χ1n) is 4.55. The fourth-order valence-corrected chi connectivity index (χ4v) is 2.83. The van der Waals surface area contributed by atoms with Gasteiger partial charge >= 0.3 is 0 Å². The Bertz CT molecular complexity index is 277. The standard InChI is InChI=1S/C10H13NOS2/c1-2-5-9(12)8-13-14-10-6-3-4-7-11-10/h3-4,6-7H,2,5,8H2,1H3. The van der Waals surface area contributed by atoms with Crippen LogP contribution in [0.1, 0.15) is 19.8 Å². The van der Waals surface area contributed by atoms with E-state index in [2.05, 4.69) is 4.98 Å². The fourth-order valence-electron chi connectivity index (χ4n) is 0.903. The minimum absolute atomic E-state index is 0.320. The highest BCUT2D eigenvalue weighted by atomic mass is 33.1. The van der Waals surface area contributed by atoms with Gasteiger partial charge in [-0.15, -0.1) is 0 Å². The van der Waals surface area contributed by atoms with Crippen molar-refractivity contribution in [1.29, 1.82) is 0 Å². The Morgan fingerprint density at radius 1 is 1.50 bits per heavy atom. The topological polar surface area (TPSA) is 30.0 Å². The molecule has 0 bridgehead atoms. The predicted molar refractivity (Wildman–Crippen MR) is 62.5 cm³/mol. The molecule has 1 aromatic rings. The normalized spacial score (nSPS) is 10.1. The molecule has 0 N–H and O–H groups in total. The number of pyridine rings is 1. The van der Waals surface area contributed by atoms with Crippen LogP contribution in [-0.4, -0.2) is 16.5 Å². The second-order valence-electron chi connectivity index (χ2n) is 2.80. The largest absolute Gasteiger partial charge is 0.299 e. The number of ketones is 1. The van der Waals surface area contributed by atoms with Crippen LogP contribution in [0.4, 0.5) is 0 Å². The van der Waals surface area contributed by atoms with Crippen molar-refractivity contribution in [2.75, 3.05) is 5.75 Å². The molecule has 0 aliphatic heterocycles. The summed E-state index contributed by atoms with van der Waals surface area (Å²) in [5.74, 6) is 0.899. The SMILES string of the molecule is CCCC(=O)CSSc1ccccn1. The predicted octanol–water partition coefficient (Wildman–Crippen LogP) is 3.19. The van der Waals surface area contributed by atoms with Crippen molar-refractivity contribution in [3.05, 3.63) is 24.4 Å². The molecule has 0 fully saturated rings. The first-order chi connectivity index (χ1) is 6.83. The van der Waals surface area contributed by atoms with Crippen LogP contribution in [0.3, 0.4) is 0 Å². The summed E-state index contributed by atoms with van der Waals surface area (Å²) < 4.78 is 0. The van der Waals surface area contributed by atoms with E-state index in [9.17, 15) is 4.79 Å². The van der Waals surface area contributed by atoms with Gasteiger partial charge in [0.05, 0.1) is 5.75 Å². The summed E-state index contributed by atoms with van der Waals surface area (Å²) in [7, 11) is 3.12. The van der Waals surface area contributed by atoms with E-state index in [1.54, 1.807) is 27.8 Å². The van der Waals surface area contributed by atoms with Gasteiger partial charge in [-0.25, -0.2) is 4.98 Å². The minimum atomic E-state index is 0.320. The zero-order valence-corrected chi connectivity index (χ0v) is 9.74. The lowest BCUT2D eigenvalue weighted by Crippen LogP contribution is -1.98. The maximum absolute atomic E-state index is 11.2. The number of nitrogens with zero attached hydrogens (tertiary/aromatic N) is 1. The van der Waals surface area contributed by atoms with Gasteiger partial charge in [0, 0.05) is 12.6 Å². The summed E-state index contributed by atoms with van der Waals surface area (Å²) in [5.41, 5.74) is 0. The maximum atomic E-state index is 11.2. The van der Waals surface area contributed by atoms with Crippen LogP contribution in [0.25, 0.3) is 0 Å². The Hall–Kier alpha value is -0.480. The quantitative estimate of drug-likeness (QED) is 0.698. The molecule has 0 aliphatic rings. The second kappa shape index (κ2) is 6.90. The molecule has 0 radical (unpaired) electrons. The number of hydrogen-bond acceptors (Lipinski definition) is 4. The summed E-state index contributed by atoms with van der Waals surface area (Å²) in [4.78, 5) is 15.3. The molecule has 0 atom stereocenters. The van der Waals surface area contributed by atoms with Crippen molar-refractivity contribution in [3.63, 3.8) is 0 Å². The summed E-state index contributed by atoms with van der Waals surface area (Å²) in [6.45, 7) is 2.02. The third-order valence-electron chi connectivity index (χ3n) is 1.53. The number of carbonyl (C=O) groups is 1. The van der Waals surface area contributed by atoms with Gasteiger partial charge in [0.15, 0.2) is 0 Å². The molecule has 0 saturated carbocycles. The highest BCUT2D eigenvalue weighted by Gasteiger charge is 2.01. The van der Waals surface area contributed by atoms with Crippen LogP contribution in [0.2, 0.25) is 0 Å². The van der Waals surface area contributed by atoms with Gasteiger partial charge in [-0.05, 0) is 29.3 Å². The van der Waals surface area contributed by atoms with E-state index >= 15 is 0 Å².